The zero-order valence-electron chi connectivity index (χ0n) is 7.04. The van der Waals surface area contributed by atoms with Gasteiger partial charge in [0.15, 0.2) is 0 Å². The van der Waals surface area contributed by atoms with Gasteiger partial charge in [0.05, 0.1) is 13.2 Å². The van der Waals surface area contributed by atoms with E-state index in [-0.39, 0.29) is 0 Å². The lowest BCUT2D eigenvalue weighted by atomic mass is 10.3. The molecule has 1 fully saturated rings. The number of hydrogen-bond donors (Lipinski definition) is 0. The Morgan fingerprint density at radius 3 is 2.73 bits per heavy atom. The van der Waals surface area contributed by atoms with Gasteiger partial charge in [-0.15, -0.1) is 0 Å². The van der Waals surface area contributed by atoms with Crippen LogP contribution in [0.3, 0.4) is 0 Å². The van der Waals surface area contributed by atoms with E-state index in [9.17, 15) is 0 Å². The van der Waals surface area contributed by atoms with Crippen LogP contribution in [0.2, 0.25) is 0 Å². The van der Waals surface area contributed by atoms with Gasteiger partial charge in [-0.25, -0.2) is 0 Å². The molecule has 0 aliphatic carbocycles. The van der Waals surface area contributed by atoms with Gasteiger partial charge in [0.25, 0.3) is 0 Å². The first-order valence-electron chi connectivity index (χ1n) is 4.12. The van der Waals surface area contributed by atoms with E-state index in [1.54, 1.807) is 0 Å². The van der Waals surface area contributed by atoms with E-state index in [0.29, 0.717) is 6.10 Å². The van der Waals surface area contributed by atoms with Crippen LogP contribution in [-0.2, 0) is 13.9 Å². The molecule has 0 saturated carbocycles. The maximum absolute atomic E-state index is 5.33. The van der Waals surface area contributed by atoms with Crippen molar-refractivity contribution >= 4 is 10.5 Å². The van der Waals surface area contributed by atoms with Crippen molar-refractivity contribution in [1.29, 1.82) is 0 Å². The maximum atomic E-state index is 5.33. The molecule has 0 bridgehead atoms. The van der Waals surface area contributed by atoms with E-state index in [4.69, 9.17) is 13.9 Å². The van der Waals surface area contributed by atoms with Gasteiger partial charge in [-0.1, -0.05) is 0 Å². The first-order valence-corrected chi connectivity index (χ1v) is 4.93. The molecule has 1 atom stereocenters. The molecule has 0 aromatic rings. The number of ether oxygens (including phenoxy) is 2. The predicted octanol–water partition coefficient (Wildman–Crippen LogP) is -0.521. The fourth-order valence-corrected chi connectivity index (χ4v) is 1.12. The predicted molar refractivity (Wildman–Crippen MR) is 45.7 cm³/mol. The van der Waals surface area contributed by atoms with E-state index in [1.165, 1.54) is 0 Å². The molecule has 1 aliphatic rings. The lowest BCUT2D eigenvalue weighted by Gasteiger charge is -2.01. The zero-order chi connectivity index (χ0) is 7.94. The molecule has 11 heavy (non-hydrogen) atoms. The summed E-state index contributed by atoms with van der Waals surface area (Å²) >= 11 is 0. The molecule has 0 radical (unpaired) electrons. The monoisotopic (exact) mass is 176 g/mol. The molecular formula is C7H16O3Si. The molecule has 1 unspecified atom stereocenters. The minimum atomic E-state index is 0.407. The lowest BCUT2D eigenvalue weighted by Crippen LogP contribution is -2.03. The second-order valence-corrected chi connectivity index (χ2v) is 3.31. The average molecular weight is 176 g/mol. The largest absolute Gasteiger partial charge is 0.428 e. The first kappa shape index (κ1) is 9.19. The molecule has 0 spiro atoms. The molecule has 1 heterocycles. The summed E-state index contributed by atoms with van der Waals surface area (Å²) in [5.41, 5.74) is 0. The molecule has 66 valence electrons. The van der Waals surface area contributed by atoms with E-state index in [0.717, 1.165) is 49.8 Å². The smallest absolute Gasteiger partial charge is 0.145 e. The number of unbranched alkanes of at least 4 members (excludes halogenated alkanes) is 1. The van der Waals surface area contributed by atoms with Crippen LogP contribution in [0.4, 0.5) is 0 Å². The number of epoxide rings is 1. The van der Waals surface area contributed by atoms with Crippen molar-refractivity contribution in [3.63, 3.8) is 0 Å². The van der Waals surface area contributed by atoms with Gasteiger partial charge in [0, 0.05) is 13.2 Å². The van der Waals surface area contributed by atoms with Crippen LogP contribution in [0.1, 0.15) is 12.8 Å². The highest BCUT2D eigenvalue weighted by Gasteiger charge is 2.21. The Morgan fingerprint density at radius 2 is 2.09 bits per heavy atom. The highest BCUT2D eigenvalue weighted by Crippen LogP contribution is 2.08. The minimum absolute atomic E-state index is 0.407. The summed E-state index contributed by atoms with van der Waals surface area (Å²) < 4.78 is 15.4. The Kier molecular flexibility index (Phi) is 4.77. The summed E-state index contributed by atoms with van der Waals surface area (Å²) in [5, 5.41) is 0. The quantitative estimate of drug-likeness (QED) is 0.297. The maximum Gasteiger partial charge on any atom is 0.145 e. The van der Waals surface area contributed by atoms with Crippen LogP contribution in [0.15, 0.2) is 0 Å². The Hall–Kier alpha value is 0.0969. The van der Waals surface area contributed by atoms with E-state index in [1.807, 2.05) is 0 Å². The van der Waals surface area contributed by atoms with Crippen LogP contribution in [0, 0.1) is 0 Å². The second kappa shape index (κ2) is 5.71. The van der Waals surface area contributed by atoms with Crippen LogP contribution in [0.5, 0.6) is 0 Å². The number of rotatable bonds is 7. The van der Waals surface area contributed by atoms with Gasteiger partial charge in [0.2, 0.25) is 0 Å². The molecule has 1 aliphatic heterocycles. The zero-order valence-corrected chi connectivity index (χ0v) is 9.04. The van der Waals surface area contributed by atoms with E-state index < -0.39 is 0 Å². The molecule has 0 amide bonds. The van der Waals surface area contributed by atoms with Crippen LogP contribution in [-0.4, -0.2) is 43.0 Å². The Bertz CT molecular complexity index is 95.7. The van der Waals surface area contributed by atoms with Gasteiger partial charge < -0.3 is 13.9 Å². The van der Waals surface area contributed by atoms with Crippen molar-refractivity contribution < 1.29 is 13.9 Å². The fraction of sp³-hybridized carbons (Fsp3) is 1.00. The van der Waals surface area contributed by atoms with Gasteiger partial charge in [-0.3, -0.25) is 0 Å². The highest BCUT2D eigenvalue weighted by atomic mass is 28.2. The molecule has 0 aromatic heterocycles. The SMILES string of the molecule is [SiH3]OCCCCOCC1CO1. The van der Waals surface area contributed by atoms with Gasteiger partial charge in [-0.05, 0) is 12.8 Å². The van der Waals surface area contributed by atoms with Crippen molar-refractivity contribution in [2.45, 2.75) is 18.9 Å². The summed E-state index contributed by atoms with van der Waals surface area (Å²) in [7, 11) is 0.855. The average Bonchev–Trinajstić information content (AvgIpc) is 2.80. The second-order valence-electron chi connectivity index (χ2n) is 2.73. The molecular weight excluding hydrogens is 160 g/mol. The van der Waals surface area contributed by atoms with E-state index in [2.05, 4.69) is 0 Å². The normalized spacial score (nSPS) is 22.4. The van der Waals surface area contributed by atoms with Crippen molar-refractivity contribution in [3.05, 3.63) is 0 Å². The Balaban J connectivity index is 1.66. The molecule has 0 aromatic carbocycles. The van der Waals surface area contributed by atoms with Gasteiger partial charge >= 0.3 is 0 Å². The fourth-order valence-electron chi connectivity index (χ4n) is 0.830. The summed E-state index contributed by atoms with van der Waals surface area (Å²) in [6, 6.07) is 0. The first-order chi connectivity index (χ1) is 5.43. The minimum Gasteiger partial charge on any atom is -0.428 e. The van der Waals surface area contributed by atoms with Crippen molar-refractivity contribution in [1.82, 2.24) is 0 Å². The Labute approximate surface area is 70.6 Å². The molecule has 4 heteroatoms. The topological polar surface area (TPSA) is 31.0 Å². The van der Waals surface area contributed by atoms with Crippen LogP contribution < -0.4 is 0 Å². The summed E-state index contributed by atoms with van der Waals surface area (Å²) in [6.07, 6.45) is 2.63. The standard InChI is InChI=1S/C7H16O3Si/c11-10-4-2-1-3-8-5-7-6-9-7/h7H,1-6H2,11H3. The molecule has 1 rings (SSSR count). The molecule has 1 saturated heterocycles. The molecule has 3 nitrogen and oxygen atoms in total. The van der Waals surface area contributed by atoms with Crippen LogP contribution >= 0.6 is 0 Å². The Morgan fingerprint density at radius 1 is 1.36 bits per heavy atom. The van der Waals surface area contributed by atoms with E-state index >= 15 is 0 Å². The summed E-state index contributed by atoms with van der Waals surface area (Å²) in [4.78, 5) is 0. The summed E-state index contributed by atoms with van der Waals surface area (Å²) in [5.74, 6) is 0. The van der Waals surface area contributed by atoms with Crippen LogP contribution in [0.25, 0.3) is 0 Å². The van der Waals surface area contributed by atoms with Crippen molar-refractivity contribution in [2.24, 2.45) is 0 Å². The van der Waals surface area contributed by atoms with Crippen molar-refractivity contribution in [3.8, 4) is 0 Å². The third kappa shape index (κ3) is 5.38. The summed E-state index contributed by atoms with van der Waals surface area (Å²) in [6.45, 7) is 3.42. The third-order valence-electron chi connectivity index (χ3n) is 1.59. The lowest BCUT2D eigenvalue weighted by molar-refractivity contribution is 0.110. The van der Waals surface area contributed by atoms with Crippen molar-refractivity contribution in [2.75, 3.05) is 26.4 Å². The number of hydrogen-bond acceptors (Lipinski definition) is 3. The van der Waals surface area contributed by atoms with Gasteiger partial charge in [0.1, 0.15) is 16.6 Å². The molecule has 0 N–H and O–H groups in total. The van der Waals surface area contributed by atoms with Gasteiger partial charge in [-0.2, -0.15) is 0 Å². The third-order valence-corrected chi connectivity index (χ3v) is 2.00. The highest BCUT2D eigenvalue weighted by molar-refractivity contribution is 5.97.